The lowest BCUT2D eigenvalue weighted by Crippen LogP contribution is -2.62. The number of benzene rings is 1. The summed E-state index contributed by atoms with van der Waals surface area (Å²) >= 11 is 0. The number of nitrogens with zero attached hydrogens (tertiary/aromatic N) is 1. The van der Waals surface area contributed by atoms with Crippen LogP contribution in [0, 0.1) is 5.82 Å². The summed E-state index contributed by atoms with van der Waals surface area (Å²) in [5.74, 6) is -4.22. The van der Waals surface area contributed by atoms with Gasteiger partial charge in [0.2, 0.25) is 5.60 Å². The third kappa shape index (κ3) is 2.83. The van der Waals surface area contributed by atoms with Crippen LogP contribution in [-0.2, 0) is 10.3 Å². The van der Waals surface area contributed by atoms with Crippen molar-refractivity contribution in [1.82, 2.24) is 0 Å². The lowest BCUT2D eigenvalue weighted by molar-refractivity contribution is -0.215. The number of ether oxygens (including phenoxy) is 1. The Kier molecular flexibility index (Phi) is 4.16. The Labute approximate surface area is 145 Å². The van der Waals surface area contributed by atoms with Gasteiger partial charge in [0.15, 0.2) is 0 Å². The van der Waals surface area contributed by atoms with Gasteiger partial charge in [-0.05, 0) is 51.8 Å². The molecule has 0 saturated heterocycles. The molecule has 1 aromatic rings. The number of nitrogens with one attached hydrogen (secondary N) is 1. The zero-order valence-electron chi connectivity index (χ0n) is 14.7. The number of rotatable bonds is 3. The van der Waals surface area contributed by atoms with Gasteiger partial charge < -0.3 is 15.8 Å². The highest BCUT2D eigenvalue weighted by Gasteiger charge is 2.66. The molecule has 1 aliphatic carbocycles. The smallest absolute Gasteiger partial charge is 0.315 e. The quantitative estimate of drug-likeness (QED) is 0.856. The van der Waals surface area contributed by atoms with Crippen LogP contribution in [0.15, 0.2) is 23.2 Å². The molecule has 1 heterocycles. The van der Waals surface area contributed by atoms with Gasteiger partial charge in [-0.3, -0.25) is 0 Å². The van der Waals surface area contributed by atoms with Crippen molar-refractivity contribution in [3.63, 3.8) is 0 Å². The standard InChI is InChI=1S/C18H24F3N3O/c1-16(2)18(20,21)17(3,25-15(22)24-16)13-10-12(8-9-14(13)19)23-11-6-4-5-7-11/h8-11,23H,4-7H2,1-3H3,(H2,22,24)/t17-/m1/s1. The summed E-state index contributed by atoms with van der Waals surface area (Å²) in [5, 5.41) is 3.30. The maximum absolute atomic E-state index is 15.1. The Morgan fingerprint density at radius 2 is 1.84 bits per heavy atom. The SMILES string of the molecule is CC1(C)N=C(N)O[C@](C)(c2cc(NC3CCCC3)ccc2F)C1(F)F. The van der Waals surface area contributed by atoms with E-state index in [1.807, 2.05) is 0 Å². The molecule has 25 heavy (non-hydrogen) atoms. The molecule has 7 heteroatoms. The van der Waals surface area contributed by atoms with E-state index in [0.29, 0.717) is 5.69 Å². The number of alkyl halides is 2. The summed E-state index contributed by atoms with van der Waals surface area (Å²) in [4.78, 5) is 3.71. The van der Waals surface area contributed by atoms with E-state index in [-0.39, 0.29) is 17.6 Å². The highest BCUT2D eigenvalue weighted by atomic mass is 19.3. The summed E-state index contributed by atoms with van der Waals surface area (Å²) < 4.78 is 50.0. The van der Waals surface area contributed by atoms with Crippen LogP contribution in [0.5, 0.6) is 0 Å². The highest BCUT2D eigenvalue weighted by Crippen LogP contribution is 2.51. The first-order chi connectivity index (χ1) is 11.6. The van der Waals surface area contributed by atoms with Gasteiger partial charge in [-0.25, -0.2) is 9.38 Å². The van der Waals surface area contributed by atoms with Crippen LogP contribution in [0.4, 0.5) is 18.9 Å². The fraction of sp³-hybridized carbons (Fsp3) is 0.611. The number of hydrogen-bond acceptors (Lipinski definition) is 4. The van der Waals surface area contributed by atoms with Gasteiger partial charge in [0.25, 0.3) is 6.02 Å². The molecule has 0 aromatic heterocycles. The zero-order chi connectivity index (χ0) is 18.5. The molecule has 1 saturated carbocycles. The molecule has 1 aliphatic heterocycles. The summed E-state index contributed by atoms with van der Waals surface area (Å²) in [5.41, 5.74) is 1.93. The normalized spacial score (nSPS) is 28.3. The molecule has 4 nitrogen and oxygen atoms in total. The minimum atomic E-state index is -3.46. The van der Waals surface area contributed by atoms with Crippen molar-refractivity contribution in [3.05, 3.63) is 29.6 Å². The number of halogens is 3. The average Bonchev–Trinajstić information content (AvgIpc) is 2.99. The fourth-order valence-electron chi connectivity index (χ4n) is 3.74. The first-order valence-electron chi connectivity index (χ1n) is 8.55. The molecule has 2 aliphatic rings. The van der Waals surface area contributed by atoms with Crippen LogP contribution in [-0.4, -0.2) is 23.5 Å². The molecule has 0 amide bonds. The molecule has 1 fully saturated rings. The number of aliphatic imine (C=N–C) groups is 1. The van der Waals surface area contributed by atoms with Gasteiger partial charge in [0.1, 0.15) is 11.4 Å². The van der Waals surface area contributed by atoms with Gasteiger partial charge in [-0.1, -0.05) is 12.8 Å². The number of anilines is 1. The molecule has 0 radical (unpaired) electrons. The molecule has 1 atom stereocenters. The largest absolute Gasteiger partial charge is 0.448 e. The predicted octanol–water partition coefficient (Wildman–Crippen LogP) is 4.15. The molecule has 0 unspecified atom stereocenters. The van der Waals surface area contributed by atoms with E-state index < -0.39 is 22.9 Å². The second-order valence-electron chi connectivity index (χ2n) is 7.54. The van der Waals surface area contributed by atoms with E-state index in [9.17, 15) is 4.39 Å². The Bertz CT molecular complexity index is 699. The van der Waals surface area contributed by atoms with E-state index in [0.717, 1.165) is 32.6 Å². The topological polar surface area (TPSA) is 59.6 Å². The summed E-state index contributed by atoms with van der Waals surface area (Å²) in [6.07, 6.45) is 4.30. The molecule has 138 valence electrons. The molecule has 0 bridgehead atoms. The number of nitrogens with two attached hydrogens (primary N) is 1. The molecular weight excluding hydrogens is 331 g/mol. The molecular formula is C18H24F3N3O. The maximum atomic E-state index is 15.1. The minimum Gasteiger partial charge on any atom is -0.448 e. The fourth-order valence-corrected chi connectivity index (χ4v) is 3.74. The van der Waals surface area contributed by atoms with Crippen molar-refractivity contribution in [2.75, 3.05) is 5.32 Å². The second-order valence-corrected chi connectivity index (χ2v) is 7.54. The monoisotopic (exact) mass is 355 g/mol. The molecule has 3 N–H and O–H groups in total. The second kappa shape index (κ2) is 5.81. The van der Waals surface area contributed by atoms with Crippen molar-refractivity contribution >= 4 is 11.7 Å². The first-order valence-corrected chi connectivity index (χ1v) is 8.55. The van der Waals surface area contributed by atoms with Gasteiger partial charge >= 0.3 is 5.92 Å². The Hall–Kier alpha value is -1.92. The van der Waals surface area contributed by atoms with Crippen LogP contribution >= 0.6 is 0 Å². The maximum Gasteiger partial charge on any atom is 0.315 e. The first kappa shape index (κ1) is 17.9. The van der Waals surface area contributed by atoms with Crippen molar-refractivity contribution in [3.8, 4) is 0 Å². The number of amidine groups is 1. The van der Waals surface area contributed by atoms with Gasteiger partial charge in [-0.2, -0.15) is 8.78 Å². The van der Waals surface area contributed by atoms with Crippen molar-refractivity contribution < 1.29 is 17.9 Å². The van der Waals surface area contributed by atoms with E-state index in [2.05, 4.69) is 10.3 Å². The van der Waals surface area contributed by atoms with Crippen LogP contribution < -0.4 is 11.1 Å². The zero-order valence-corrected chi connectivity index (χ0v) is 14.7. The summed E-state index contributed by atoms with van der Waals surface area (Å²) in [7, 11) is 0. The van der Waals surface area contributed by atoms with Crippen molar-refractivity contribution in [2.45, 2.75) is 69.6 Å². The van der Waals surface area contributed by atoms with E-state index in [4.69, 9.17) is 10.5 Å². The number of hydrogen-bond donors (Lipinski definition) is 2. The minimum absolute atomic E-state index is 0.230. The van der Waals surface area contributed by atoms with Gasteiger partial charge in [-0.15, -0.1) is 0 Å². The van der Waals surface area contributed by atoms with Crippen molar-refractivity contribution in [2.24, 2.45) is 10.7 Å². The molecule has 1 aromatic carbocycles. The van der Waals surface area contributed by atoms with Gasteiger partial charge in [0, 0.05) is 17.3 Å². The Morgan fingerprint density at radius 1 is 1.20 bits per heavy atom. The Balaban J connectivity index is 2.03. The summed E-state index contributed by atoms with van der Waals surface area (Å²) in [6, 6.07) is 4.06. The van der Waals surface area contributed by atoms with E-state index in [1.165, 1.54) is 26.0 Å². The molecule has 3 rings (SSSR count). The third-order valence-electron chi connectivity index (χ3n) is 5.27. The van der Waals surface area contributed by atoms with Gasteiger partial charge in [0.05, 0.1) is 0 Å². The van der Waals surface area contributed by atoms with E-state index in [1.54, 1.807) is 6.07 Å². The predicted molar refractivity (Wildman–Crippen MR) is 91.4 cm³/mol. The van der Waals surface area contributed by atoms with Crippen molar-refractivity contribution in [1.29, 1.82) is 0 Å². The average molecular weight is 355 g/mol. The Morgan fingerprint density at radius 3 is 2.48 bits per heavy atom. The lowest BCUT2D eigenvalue weighted by atomic mass is 9.78. The van der Waals surface area contributed by atoms with Crippen LogP contribution in [0.2, 0.25) is 0 Å². The summed E-state index contributed by atoms with van der Waals surface area (Å²) in [6.45, 7) is 3.69. The lowest BCUT2D eigenvalue weighted by Gasteiger charge is -2.47. The van der Waals surface area contributed by atoms with Crippen LogP contribution in [0.3, 0.4) is 0 Å². The van der Waals surface area contributed by atoms with Crippen LogP contribution in [0.25, 0.3) is 0 Å². The molecule has 0 spiro atoms. The third-order valence-corrected chi connectivity index (χ3v) is 5.27. The van der Waals surface area contributed by atoms with Crippen LogP contribution in [0.1, 0.15) is 52.0 Å². The highest BCUT2D eigenvalue weighted by molar-refractivity contribution is 5.74. The van der Waals surface area contributed by atoms with E-state index >= 15 is 8.78 Å².